The second kappa shape index (κ2) is 14.0. The molecular weight excluding hydrogens is 487 g/mol. The Morgan fingerprint density at radius 3 is 2.49 bits per heavy atom. The smallest absolute Gasteiger partial charge is 0.360 e. The summed E-state index contributed by atoms with van der Waals surface area (Å²) in [5.41, 5.74) is 1.17. The number of rotatable bonds is 11. The molecule has 1 aliphatic carbocycles. The van der Waals surface area contributed by atoms with E-state index in [2.05, 4.69) is 11.4 Å². The van der Waals surface area contributed by atoms with Crippen molar-refractivity contribution >= 4 is 25.2 Å². The molecule has 2 fully saturated rings. The summed E-state index contributed by atoms with van der Waals surface area (Å²) in [6.45, 7) is 5.07. The highest BCUT2D eigenvalue weighted by Gasteiger charge is 2.42. The molecule has 2 aliphatic rings. The zero-order valence-electron chi connectivity index (χ0n) is 21.2. The van der Waals surface area contributed by atoms with E-state index in [1.54, 1.807) is 13.8 Å². The molecule has 0 bridgehead atoms. The number of carbonyl (C=O) groups excluding carboxylic acids is 1. The zero-order valence-corrected chi connectivity index (χ0v) is 22.8. The number of nitrogens with zero attached hydrogens (tertiary/aromatic N) is 1. The summed E-state index contributed by atoms with van der Waals surface area (Å²) in [6, 6.07) is 6.96. The highest BCUT2D eigenvalue weighted by Crippen LogP contribution is 2.54. The zero-order chi connectivity index (χ0) is 25.3. The molecule has 0 aromatic heterocycles. The topological polar surface area (TPSA) is 88.1 Å². The first-order valence-corrected chi connectivity index (χ1v) is 15.2. The quantitative estimate of drug-likeness (QED) is 0.332. The van der Waals surface area contributed by atoms with Gasteiger partial charge in [-0.2, -0.15) is 0 Å². The van der Waals surface area contributed by atoms with Crippen LogP contribution in [0.1, 0.15) is 70.8 Å². The molecular formula is C26H42ClN2O5P. The van der Waals surface area contributed by atoms with E-state index < -0.39 is 19.5 Å². The number of halogens is 1. The molecule has 3 atom stereocenters. The Morgan fingerprint density at radius 1 is 1.14 bits per heavy atom. The highest BCUT2D eigenvalue weighted by molar-refractivity contribution is 7.54. The number of piperidine rings is 1. The number of aliphatic hydroxyl groups is 1. The normalized spacial score (nSPS) is 21.5. The second-order valence-electron chi connectivity index (χ2n) is 9.87. The average Bonchev–Trinajstić information content (AvgIpc) is 2.84. The molecule has 1 aliphatic heterocycles. The molecule has 35 heavy (non-hydrogen) atoms. The van der Waals surface area contributed by atoms with Gasteiger partial charge in [0.05, 0.1) is 19.3 Å². The fourth-order valence-corrected chi connectivity index (χ4v) is 7.42. The summed E-state index contributed by atoms with van der Waals surface area (Å²) in [4.78, 5) is 15.2. The van der Waals surface area contributed by atoms with E-state index in [9.17, 15) is 14.5 Å². The number of urea groups is 1. The average molecular weight is 529 g/mol. The van der Waals surface area contributed by atoms with Crippen molar-refractivity contribution in [3.05, 3.63) is 34.9 Å². The number of benzene rings is 1. The molecule has 0 spiro atoms. The first-order valence-electron chi connectivity index (χ1n) is 13.2. The number of hydrogen-bond donors (Lipinski definition) is 2. The number of carbonyl (C=O) groups is 1. The summed E-state index contributed by atoms with van der Waals surface area (Å²) < 4.78 is 24.2. The predicted molar refractivity (Wildman–Crippen MR) is 140 cm³/mol. The van der Waals surface area contributed by atoms with Gasteiger partial charge in [0.25, 0.3) is 0 Å². The first kappa shape index (κ1) is 28.5. The summed E-state index contributed by atoms with van der Waals surface area (Å²) in [5, 5.41) is 14.9. The van der Waals surface area contributed by atoms with Gasteiger partial charge in [0.2, 0.25) is 0 Å². The van der Waals surface area contributed by atoms with Crippen LogP contribution in [0.3, 0.4) is 0 Å². The number of hydrogen-bond acceptors (Lipinski definition) is 5. The molecule has 9 heteroatoms. The molecule has 2 amide bonds. The van der Waals surface area contributed by atoms with Gasteiger partial charge < -0.3 is 24.4 Å². The predicted octanol–water partition coefficient (Wildman–Crippen LogP) is 6.23. The fraction of sp³-hybridized carbons (Fsp3) is 0.731. The lowest BCUT2D eigenvalue weighted by Gasteiger charge is -2.37. The third kappa shape index (κ3) is 8.46. The van der Waals surface area contributed by atoms with Gasteiger partial charge in [0, 0.05) is 18.1 Å². The van der Waals surface area contributed by atoms with Crippen molar-refractivity contribution in [2.45, 2.75) is 83.5 Å². The number of nitrogens with one attached hydrogen (secondary N) is 1. The molecule has 1 saturated heterocycles. The Kier molecular flexibility index (Phi) is 11.4. The number of aliphatic hydroxyl groups excluding tert-OH is 1. The summed E-state index contributed by atoms with van der Waals surface area (Å²) in [6.07, 6.45) is 9.02. The summed E-state index contributed by atoms with van der Waals surface area (Å²) in [5.74, 6) is -0.690. The van der Waals surface area contributed by atoms with Crippen LogP contribution in [-0.4, -0.2) is 54.2 Å². The molecule has 2 N–H and O–H groups in total. The fourth-order valence-electron chi connectivity index (χ4n) is 5.47. The van der Waals surface area contributed by atoms with Crippen LogP contribution in [0.4, 0.5) is 4.79 Å². The molecule has 1 saturated carbocycles. The molecule has 0 unspecified atom stereocenters. The lowest BCUT2D eigenvalue weighted by molar-refractivity contribution is 0.107. The van der Waals surface area contributed by atoms with Crippen LogP contribution in [0.15, 0.2) is 24.3 Å². The van der Waals surface area contributed by atoms with E-state index in [4.69, 9.17) is 20.6 Å². The van der Waals surface area contributed by atoms with Gasteiger partial charge in [0.1, 0.15) is 0 Å². The minimum atomic E-state index is -3.78. The summed E-state index contributed by atoms with van der Waals surface area (Å²) >= 11 is 6.15. The molecule has 0 radical (unpaired) electrons. The third-order valence-corrected chi connectivity index (χ3v) is 9.62. The highest BCUT2D eigenvalue weighted by atomic mass is 35.5. The van der Waals surface area contributed by atoms with Crippen LogP contribution < -0.4 is 5.32 Å². The van der Waals surface area contributed by atoms with E-state index >= 15 is 0 Å². The Labute approximate surface area is 215 Å². The van der Waals surface area contributed by atoms with Gasteiger partial charge in [-0.05, 0) is 69.1 Å². The lowest BCUT2D eigenvalue weighted by Crippen LogP contribution is -2.52. The van der Waals surface area contributed by atoms with Crippen molar-refractivity contribution < 1.29 is 23.5 Å². The minimum Gasteiger partial charge on any atom is -0.379 e. The van der Waals surface area contributed by atoms with E-state index in [1.165, 1.54) is 12.0 Å². The molecule has 7 nitrogen and oxygen atoms in total. The van der Waals surface area contributed by atoms with Crippen LogP contribution in [0, 0.1) is 11.8 Å². The standard InChI is InChI=1S/C26H42ClN2O5P/c1-3-33-35(32,34-4-2)25(30)24(18-20-10-6-5-7-11-20)28-26(31)29-15-9-13-22(19-29)16-21-12-8-14-23(27)17-21/h8,12,14,17,20,22,24-25,30H,3-7,9-11,13,15-16,18-19H2,1-2H3,(H,28,31)/t22-,24-,25-/m0/s1. The molecule has 3 rings (SSSR count). The van der Waals surface area contributed by atoms with Crippen LogP contribution in [0.2, 0.25) is 5.02 Å². The monoisotopic (exact) mass is 528 g/mol. The van der Waals surface area contributed by atoms with Gasteiger partial charge in [-0.1, -0.05) is 55.8 Å². The maximum atomic E-state index is 13.4. The van der Waals surface area contributed by atoms with Crippen LogP contribution >= 0.6 is 19.2 Å². The van der Waals surface area contributed by atoms with E-state index in [0.717, 1.165) is 50.0 Å². The van der Waals surface area contributed by atoms with E-state index in [0.29, 0.717) is 31.3 Å². The molecule has 1 aromatic rings. The maximum Gasteiger partial charge on any atom is 0.360 e. The minimum absolute atomic E-state index is 0.162. The van der Waals surface area contributed by atoms with Gasteiger partial charge >= 0.3 is 13.6 Å². The Hall–Kier alpha value is -1.11. The van der Waals surface area contributed by atoms with Gasteiger partial charge in [-0.3, -0.25) is 4.57 Å². The van der Waals surface area contributed by atoms with Gasteiger partial charge in [0.15, 0.2) is 5.85 Å². The van der Waals surface area contributed by atoms with Gasteiger partial charge in [-0.25, -0.2) is 4.79 Å². The van der Waals surface area contributed by atoms with E-state index in [1.807, 2.05) is 23.1 Å². The first-order chi connectivity index (χ1) is 16.8. The lowest BCUT2D eigenvalue weighted by atomic mass is 9.85. The largest absolute Gasteiger partial charge is 0.379 e. The Bertz CT molecular complexity index is 841. The third-order valence-electron chi connectivity index (χ3n) is 7.14. The van der Waals surface area contributed by atoms with E-state index in [-0.39, 0.29) is 19.2 Å². The molecule has 198 valence electrons. The summed E-state index contributed by atoms with van der Waals surface area (Å²) in [7, 11) is -3.78. The number of likely N-dealkylation sites (tertiary alicyclic amines) is 1. The number of amides is 2. The SMILES string of the molecule is CCOP(=O)(OCC)[C@H](O)[C@H](CC1CCCCC1)NC(=O)N1CCC[C@@H](Cc2cccc(Cl)c2)C1. The van der Waals surface area contributed by atoms with Crippen LogP contribution in [0.25, 0.3) is 0 Å². The maximum absolute atomic E-state index is 13.4. The Balaban J connectivity index is 1.68. The van der Waals surface area contributed by atoms with Crippen LogP contribution in [-0.2, 0) is 20.0 Å². The molecule has 1 heterocycles. The Morgan fingerprint density at radius 2 is 1.83 bits per heavy atom. The van der Waals surface area contributed by atoms with Crippen molar-refractivity contribution in [3.63, 3.8) is 0 Å². The van der Waals surface area contributed by atoms with Crippen molar-refractivity contribution in [3.8, 4) is 0 Å². The van der Waals surface area contributed by atoms with Crippen molar-refractivity contribution in [1.29, 1.82) is 0 Å². The van der Waals surface area contributed by atoms with Gasteiger partial charge in [-0.15, -0.1) is 0 Å². The second-order valence-corrected chi connectivity index (χ2v) is 12.4. The van der Waals surface area contributed by atoms with Crippen molar-refractivity contribution in [2.75, 3.05) is 26.3 Å². The molecule has 1 aromatic carbocycles. The van der Waals surface area contributed by atoms with Crippen LogP contribution in [0.5, 0.6) is 0 Å². The van der Waals surface area contributed by atoms with Crippen molar-refractivity contribution in [1.82, 2.24) is 10.2 Å². The van der Waals surface area contributed by atoms with Crippen molar-refractivity contribution in [2.24, 2.45) is 11.8 Å².